The fraction of sp³-hybridized carbons (Fsp3) is 0.350. The highest BCUT2D eigenvalue weighted by molar-refractivity contribution is 6.03. The fourth-order valence-electron chi connectivity index (χ4n) is 2.92. The number of hydrogen-bond acceptors (Lipinski definition) is 4. The molecule has 0 aliphatic heterocycles. The number of aromatic hydroxyl groups is 1. The van der Waals surface area contributed by atoms with Crippen LogP contribution in [0.15, 0.2) is 30.3 Å². The van der Waals surface area contributed by atoms with Gasteiger partial charge in [0, 0.05) is 13.1 Å². The summed E-state index contributed by atoms with van der Waals surface area (Å²) in [6.45, 7) is 4.19. The topological polar surface area (TPSA) is 59.0 Å². The number of benzene rings is 2. The van der Waals surface area contributed by atoms with Crippen LogP contribution in [-0.4, -0.2) is 43.2 Å². The first-order chi connectivity index (χ1) is 13.2. The molecule has 8 heteroatoms. The molecule has 0 saturated heterocycles. The van der Waals surface area contributed by atoms with E-state index in [-0.39, 0.29) is 22.4 Å². The van der Waals surface area contributed by atoms with Gasteiger partial charge in [-0.15, -0.1) is 0 Å². The van der Waals surface area contributed by atoms with E-state index in [1.54, 1.807) is 13.8 Å². The Labute approximate surface area is 161 Å². The average Bonchev–Trinajstić information content (AvgIpc) is 2.66. The molecule has 28 heavy (non-hydrogen) atoms. The largest absolute Gasteiger partial charge is 0.507 e. The van der Waals surface area contributed by atoms with Crippen LogP contribution in [0.4, 0.5) is 13.2 Å². The highest BCUT2D eigenvalue weighted by Crippen LogP contribution is 2.41. The Morgan fingerprint density at radius 3 is 2.14 bits per heavy atom. The van der Waals surface area contributed by atoms with Gasteiger partial charge < -0.3 is 19.5 Å². The van der Waals surface area contributed by atoms with Crippen LogP contribution < -0.4 is 9.47 Å². The van der Waals surface area contributed by atoms with Crippen molar-refractivity contribution in [2.75, 3.05) is 27.3 Å². The molecule has 0 bridgehead atoms. The predicted molar refractivity (Wildman–Crippen MR) is 98.9 cm³/mol. The molecule has 0 aromatic heterocycles. The fourth-order valence-corrected chi connectivity index (χ4v) is 2.92. The van der Waals surface area contributed by atoms with Gasteiger partial charge in [0.1, 0.15) is 5.75 Å². The lowest BCUT2D eigenvalue weighted by atomic mass is 9.94. The Bertz CT molecular complexity index is 861. The normalized spacial score (nSPS) is 11.2. The number of alkyl halides is 3. The molecular formula is C20H22F3NO4. The molecule has 1 amide bonds. The Kier molecular flexibility index (Phi) is 6.43. The molecule has 0 saturated carbocycles. The second-order valence-electron chi connectivity index (χ2n) is 5.96. The lowest BCUT2D eigenvalue weighted by molar-refractivity contribution is -0.137. The Hall–Kier alpha value is -2.90. The van der Waals surface area contributed by atoms with Crippen molar-refractivity contribution >= 4 is 5.91 Å². The molecule has 0 unspecified atom stereocenters. The number of hydrogen-bond donors (Lipinski definition) is 1. The van der Waals surface area contributed by atoms with Gasteiger partial charge in [0.2, 0.25) is 0 Å². The summed E-state index contributed by atoms with van der Waals surface area (Å²) in [5.41, 5.74) is -0.991. The maximum absolute atomic E-state index is 13.3. The number of methoxy groups -OCH3 is 2. The van der Waals surface area contributed by atoms with E-state index in [2.05, 4.69) is 0 Å². The number of ether oxygens (including phenoxy) is 2. The van der Waals surface area contributed by atoms with Crippen molar-refractivity contribution in [3.05, 3.63) is 41.5 Å². The lowest BCUT2D eigenvalue weighted by Gasteiger charge is -2.22. The number of nitrogens with zero attached hydrogens (tertiary/aromatic N) is 1. The summed E-state index contributed by atoms with van der Waals surface area (Å²) < 4.78 is 50.3. The molecule has 0 heterocycles. The van der Waals surface area contributed by atoms with Gasteiger partial charge in [0.15, 0.2) is 11.5 Å². The number of phenols is 1. The van der Waals surface area contributed by atoms with Crippen LogP contribution in [0.1, 0.15) is 29.8 Å². The van der Waals surface area contributed by atoms with E-state index in [0.717, 1.165) is 6.07 Å². The van der Waals surface area contributed by atoms with Gasteiger partial charge in [-0.25, -0.2) is 0 Å². The smallest absolute Gasteiger partial charge is 0.416 e. The zero-order valence-corrected chi connectivity index (χ0v) is 16.1. The van der Waals surface area contributed by atoms with Crippen LogP contribution in [-0.2, 0) is 6.18 Å². The van der Waals surface area contributed by atoms with E-state index in [0.29, 0.717) is 24.9 Å². The van der Waals surface area contributed by atoms with Crippen molar-refractivity contribution < 1.29 is 32.5 Å². The number of phenolic OH excluding ortho intramolecular Hbond substituents is 1. The molecule has 1 N–H and O–H groups in total. The van der Waals surface area contributed by atoms with Crippen molar-refractivity contribution in [3.63, 3.8) is 0 Å². The Balaban J connectivity index is 2.79. The van der Waals surface area contributed by atoms with E-state index in [4.69, 9.17) is 9.47 Å². The van der Waals surface area contributed by atoms with Crippen LogP contribution in [0.3, 0.4) is 0 Å². The highest BCUT2D eigenvalue weighted by Gasteiger charge is 2.34. The van der Waals surface area contributed by atoms with Crippen molar-refractivity contribution in [3.8, 4) is 28.4 Å². The van der Waals surface area contributed by atoms with Gasteiger partial charge >= 0.3 is 6.18 Å². The SMILES string of the molecule is CCN(CC)C(=O)c1c(O)cc(C(F)(F)F)cc1-c1ccc(OC)c(OC)c1. The third kappa shape index (κ3) is 4.16. The summed E-state index contributed by atoms with van der Waals surface area (Å²) >= 11 is 0. The van der Waals surface area contributed by atoms with Gasteiger partial charge in [-0.3, -0.25) is 4.79 Å². The molecule has 0 fully saturated rings. The Morgan fingerprint density at radius 2 is 1.64 bits per heavy atom. The van der Waals surface area contributed by atoms with Gasteiger partial charge in [-0.2, -0.15) is 13.2 Å². The molecule has 0 atom stereocenters. The Morgan fingerprint density at radius 1 is 1.04 bits per heavy atom. The number of rotatable bonds is 6. The number of carbonyl (C=O) groups excluding carboxylic acids is 1. The van der Waals surface area contributed by atoms with E-state index in [1.807, 2.05) is 0 Å². The predicted octanol–water partition coefficient (Wildman–Crippen LogP) is 4.58. The van der Waals surface area contributed by atoms with E-state index >= 15 is 0 Å². The first-order valence-corrected chi connectivity index (χ1v) is 8.63. The van der Waals surface area contributed by atoms with Gasteiger partial charge in [-0.1, -0.05) is 6.07 Å². The number of halogens is 3. The maximum atomic E-state index is 13.3. The summed E-state index contributed by atoms with van der Waals surface area (Å²) in [6.07, 6.45) is -4.68. The molecule has 0 aliphatic carbocycles. The van der Waals surface area contributed by atoms with Crippen LogP contribution in [0.25, 0.3) is 11.1 Å². The van der Waals surface area contributed by atoms with E-state index in [9.17, 15) is 23.1 Å². The summed E-state index contributed by atoms with van der Waals surface area (Å²) in [7, 11) is 2.83. The van der Waals surface area contributed by atoms with Crippen molar-refractivity contribution in [2.24, 2.45) is 0 Å². The minimum atomic E-state index is -4.68. The summed E-state index contributed by atoms with van der Waals surface area (Å²) in [5, 5.41) is 10.3. The van der Waals surface area contributed by atoms with Gasteiger partial charge in [0.05, 0.1) is 25.3 Å². The van der Waals surface area contributed by atoms with Crippen molar-refractivity contribution in [1.82, 2.24) is 4.90 Å². The number of amides is 1. The molecule has 152 valence electrons. The highest BCUT2D eigenvalue weighted by atomic mass is 19.4. The summed E-state index contributed by atoms with van der Waals surface area (Å²) in [6, 6.07) is 5.93. The van der Waals surface area contributed by atoms with E-state index < -0.39 is 23.4 Å². The van der Waals surface area contributed by atoms with Crippen LogP contribution >= 0.6 is 0 Å². The molecule has 2 rings (SSSR count). The second kappa shape index (κ2) is 8.41. The minimum Gasteiger partial charge on any atom is -0.507 e. The zero-order valence-electron chi connectivity index (χ0n) is 16.1. The second-order valence-corrected chi connectivity index (χ2v) is 5.96. The van der Waals surface area contributed by atoms with Crippen molar-refractivity contribution in [2.45, 2.75) is 20.0 Å². The van der Waals surface area contributed by atoms with Crippen molar-refractivity contribution in [1.29, 1.82) is 0 Å². The molecule has 2 aromatic carbocycles. The first kappa shape index (κ1) is 21.4. The molecule has 0 aliphatic rings. The minimum absolute atomic E-state index is 0.0369. The standard InChI is InChI=1S/C20H22F3NO4/c1-5-24(6-2)19(26)18-14(10-13(11-15(18)25)20(21,22)23)12-7-8-16(27-3)17(9-12)28-4/h7-11,25H,5-6H2,1-4H3. The number of carbonyl (C=O) groups is 1. The third-order valence-corrected chi connectivity index (χ3v) is 4.40. The van der Waals surface area contributed by atoms with Crippen LogP contribution in [0.2, 0.25) is 0 Å². The quantitative estimate of drug-likeness (QED) is 0.775. The van der Waals surface area contributed by atoms with E-state index in [1.165, 1.54) is 37.3 Å². The maximum Gasteiger partial charge on any atom is 0.416 e. The third-order valence-electron chi connectivity index (χ3n) is 4.40. The van der Waals surface area contributed by atoms with Gasteiger partial charge in [-0.05, 0) is 49.2 Å². The first-order valence-electron chi connectivity index (χ1n) is 8.63. The van der Waals surface area contributed by atoms with Crippen LogP contribution in [0.5, 0.6) is 17.2 Å². The monoisotopic (exact) mass is 397 g/mol. The molecule has 0 radical (unpaired) electrons. The van der Waals surface area contributed by atoms with Gasteiger partial charge in [0.25, 0.3) is 5.91 Å². The molecule has 5 nitrogen and oxygen atoms in total. The summed E-state index contributed by atoms with van der Waals surface area (Å²) in [5.74, 6) is -0.602. The molecular weight excluding hydrogens is 375 g/mol. The van der Waals surface area contributed by atoms with Crippen LogP contribution in [0, 0.1) is 0 Å². The lowest BCUT2D eigenvalue weighted by Crippen LogP contribution is -2.31. The average molecular weight is 397 g/mol. The zero-order chi connectivity index (χ0) is 21.1. The molecule has 2 aromatic rings. The molecule has 0 spiro atoms. The summed E-state index contributed by atoms with van der Waals surface area (Å²) in [4.78, 5) is 14.3.